The van der Waals surface area contributed by atoms with E-state index in [4.69, 9.17) is 9.47 Å². The molecule has 0 aliphatic rings. The molecule has 0 atom stereocenters. The first-order valence-corrected chi connectivity index (χ1v) is 8.69. The van der Waals surface area contributed by atoms with Crippen molar-refractivity contribution in [1.82, 2.24) is 9.55 Å². The predicted octanol–water partition coefficient (Wildman–Crippen LogP) is 4.09. The Bertz CT molecular complexity index is 839. The lowest BCUT2D eigenvalue weighted by molar-refractivity contribution is 0.0515. The molecular weight excluding hydrogens is 380 g/mol. The predicted molar refractivity (Wildman–Crippen MR) is 93.4 cm³/mol. The van der Waals surface area contributed by atoms with Gasteiger partial charge < -0.3 is 14.0 Å². The van der Waals surface area contributed by atoms with E-state index in [1.54, 1.807) is 14.0 Å². The third kappa shape index (κ3) is 3.25. The van der Waals surface area contributed by atoms with Gasteiger partial charge in [-0.05, 0) is 46.6 Å². The maximum absolute atomic E-state index is 12.2. The Kier molecular flexibility index (Phi) is 4.68. The summed E-state index contributed by atoms with van der Waals surface area (Å²) in [6, 6.07) is 9.58. The van der Waals surface area contributed by atoms with Crippen molar-refractivity contribution < 1.29 is 14.3 Å². The number of ether oxygens (including phenoxy) is 2. The van der Waals surface area contributed by atoms with E-state index in [0.29, 0.717) is 18.8 Å². The molecule has 0 fully saturated rings. The highest BCUT2D eigenvalue weighted by Gasteiger charge is 2.19. The van der Waals surface area contributed by atoms with Gasteiger partial charge in [0.25, 0.3) is 0 Å². The van der Waals surface area contributed by atoms with Crippen LogP contribution in [0.3, 0.4) is 0 Å². The number of benzene rings is 1. The minimum Gasteiger partial charge on any atom is -0.497 e. The van der Waals surface area contributed by atoms with Gasteiger partial charge in [0.15, 0.2) is 9.56 Å². The summed E-state index contributed by atoms with van der Waals surface area (Å²) >= 11 is 4.89. The molecule has 5 nitrogen and oxygen atoms in total. The van der Waals surface area contributed by atoms with Crippen molar-refractivity contribution in [3.63, 3.8) is 0 Å². The number of carbonyl (C=O) groups excluding carboxylic acids is 1. The van der Waals surface area contributed by atoms with Crippen LogP contribution in [0.5, 0.6) is 5.75 Å². The van der Waals surface area contributed by atoms with Crippen LogP contribution in [0.4, 0.5) is 0 Å². The van der Waals surface area contributed by atoms with E-state index in [1.807, 2.05) is 34.9 Å². The number of aromatic nitrogens is 2. The van der Waals surface area contributed by atoms with Crippen LogP contribution < -0.4 is 4.74 Å². The third-order valence-electron chi connectivity index (χ3n) is 3.41. The molecule has 1 aromatic carbocycles. The number of thiazole rings is 1. The molecule has 0 N–H and O–H groups in total. The first kappa shape index (κ1) is 16.0. The van der Waals surface area contributed by atoms with Crippen LogP contribution in [0.1, 0.15) is 23.0 Å². The number of hydrogen-bond acceptors (Lipinski definition) is 5. The summed E-state index contributed by atoms with van der Waals surface area (Å²) in [5, 5.41) is 0. The quantitative estimate of drug-likeness (QED) is 0.611. The molecule has 2 aromatic heterocycles. The topological polar surface area (TPSA) is 53.3 Å². The van der Waals surface area contributed by atoms with Gasteiger partial charge in [-0.25, -0.2) is 9.78 Å². The second-order valence-electron chi connectivity index (χ2n) is 4.84. The average molecular weight is 395 g/mol. The van der Waals surface area contributed by atoms with E-state index in [1.165, 1.54) is 11.3 Å². The molecule has 0 saturated carbocycles. The maximum atomic E-state index is 12.2. The molecule has 0 amide bonds. The standard InChI is InChI=1S/C16H15BrN2O3S/c1-3-22-15(20)12-8-13-14(18-16(17)23-13)19(12)9-10-4-6-11(21-2)7-5-10/h4-8H,3,9H2,1-2H3. The van der Waals surface area contributed by atoms with Crippen LogP contribution in [0.15, 0.2) is 34.2 Å². The zero-order valence-corrected chi connectivity index (χ0v) is 15.1. The van der Waals surface area contributed by atoms with Crippen LogP contribution in [-0.4, -0.2) is 29.2 Å². The Morgan fingerprint density at radius 1 is 1.35 bits per heavy atom. The van der Waals surface area contributed by atoms with Crippen molar-refractivity contribution in [2.24, 2.45) is 0 Å². The van der Waals surface area contributed by atoms with Crippen molar-refractivity contribution in [3.05, 3.63) is 45.5 Å². The number of nitrogens with zero attached hydrogens (tertiary/aromatic N) is 2. The van der Waals surface area contributed by atoms with Gasteiger partial charge in [0, 0.05) is 6.54 Å². The van der Waals surface area contributed by atoms with E-state index < -0.39 is 0 Å². The van der Waals surface area contributed by atoms with Crippen LogP contribution in [0, 0.1) is 0 Å². The Balaban J connectivity index is 2.01. The molecule has 2 heterocycles. The van der Waals surface area contributed by atoms with Crippen molar-refractivity contribution in [2.45, 2.75) is 13.5 Å². The first-order valence-electron chi connectivity index (χ1n) is 7.08. The zero-order chi connectivity index (χ0) is 16.4. The van der Waals surface area contributed by atoms with Gasteiger partial charge in [-0.2, -0.15) is 0 Å². The Morgan fingerprint density at radius 2 is 2.09 bits per heavy atom. The summed E-state index contributed by atoms with van der Waals surface area (Å²) in [7, 11) is 1.64. The number of halogens is 1. The van der Waals surface area contributed by atoms with E-state index in [0.717, 1.165) is 25.6 Å². The molecule has 23 heavy (non-hydrogen) atoms. The van der Waals surface area contributed by atoms with Crippen LogP contribution >= 0.6 is 27.3 Å². The smallest absolute Gasteiger partial charge is 0.355 e. The summed E-state index contributed by atoms with van der Waals surface area (Å²) in [4.78, 5) is 16.7. The van der Waals surface area contributed by atoms with Gasteiger partial charge in [0.2, 0.25) is 0 Å². The third-order valence-corrected chi connectivity index (χ3v) is 4.85. The SMILES string of the molecule is CCOC(=O)c1cc2sc(Br)nc2n1Cc1ccc(OC)cc1. The van der Waals surface area contributed by atoms with E-state index in [-0.39, 0.29) is 5.97 Å². The van der Waals surface area contributed by atoms with Crippen LogP contribution in [0.2, 0.25) is 0 Å². The Morgan fingerprint density at radius 3 is 2.74 bits per heavy atom. The highest BCUT2D eigenvalue weighted by atomic mass is 79.9. The van der Waals surface area contributed by atoms with E-state index in [2.05, 4.69) is 20.9 Å². The molecule has 7 heteroatoms. The molecule has 0 bridgehead atoms. The summed E-state index contributed by atoms with van der Waals surface area (Å²) in [6.07, 6.45) is 0. The zero-order valence-electron chi connectivity index (χ0n) is 12.7. The minimum absolute atomic E-state index is 0.331. The number of esters is 1. The number of methoxy groups -OCH3 is 1. The van der Waals surface area contributed by atoms with Crippen LogP contribution in [-0.2, 0) is 11.3 Å². The van der Waals surface area contributed by atoms with Gasteiger partial charge >= 0.3 is 5.97 Å². The summed E-state index contributed by atoms with van der Waals surface area (Å²) in [5.41, 5.74) is 2.35. The fraction of sp³-hybridized carbons (Fsp3) is 0.250. The summed E-state index contributed by atoms with van der Waals surface area (Å²) in [5.74, 6) is 0.468. The molecule has 0 aliphatic heterocycles. The normalized spacial score (nSPS) is 10.9. The molecule has 0 spiro atoms. The molecular formula is C16H15BrN2O3S. The molecule has 3 rings (SSSR count). The fourth-order valence-corrected chi connectivity index (χ4v) is 3.77. The molecule has 0 radical (unpaired) electrons. The highest BCUT2D eigenvalue weighted by Crippen LogP contribution is 2.30. The van der Waals surface area contributed by atoms with Gasteiger partial charge in [0.05, 0.1) is 18.4 Å². The van der Waals surface area contributed by atoms with E-state index in [9.17, 15) is 4.79 Å². The lowest BCUT2D eigenvalue weighted by Gasteiger charge is -2.10. The fourth-order valence-electron chi connectivity index (χ4n) is 2.35. The Labute approximate surface area is 146 Å². The highest BCUT2D eigenvalue weighted by molar-refractivity contribution is 9.11. The molecule has 0 saturated heterocycles. The Hall–Kier alpha value is -1.86. The van der Waals surface area contributed by atoms with Crippen molar-refractivity contribution in [1.29, 1.82) is 0 Å². The lowest BCUT2D eigenvalue weighted by atomic mass is 10.2. The number of carbonyl (C=O) groups is 1. The number of fused-ring (bicyclic) bond motifs is 1. The largest absolute Gasteiger partial charge is 0.497 e. The minimum atomic E-state index is -0.331. The molecule has 3 aromatic rings. The van der Waals surface area contributed by atoms with Crippen molar-refractivity contribution in [3.8, 4) is 5.75 Å². The second kappa shape index (κ2) is 6.72. The molecule has 0 unspecified atom stereocenters. The van der Waals surface area contributed by atoms with E-state index >= 15 is 0 Å². The average Bonchev–Trinajstić information content (AvgIpc) is 3.06. The van der Waals surface area contributed by atoms with Gasteiger partial charge in [-0.15, -0.1) is 11.3 Å². The molecule has 0 aliphatic carbocycles. The van der Waals surface area contributed by atoms with Gasteiger partial charge in [-0.3, -0.25) is 0 Å². The molecule has 120 valence electrons. The summed E-state index contributed by atoms with van der Waals surface area (Å²) in [6.45, 7) is 2.68. The first-order chi connectivity index (χ1) is 11.1. The van der Waals surface area contributed by atoms with Crippen molar-refractivity contribution in [2.75, 3.05) is 13.7 Å². The second-order valence-corrected chi connectivity index (χ2v) is 7.15. The van der Waals surface area contributed by atoms with Crippen LogP contribution in [0.25, 0.3) is 10.3 Å². The van der Waals surface area contributed by atoms with Gasteiger partial charge in [-0.1, -0.05) is 12.1 Å². The lowest BCUT2D eigenvalue weighted by Crippen LogP contribution is -2.13. The van der Waals surface area contributed by atoms with Crippen molar-refractivity contribution >= 4 is 43.6 Å². The number of hydrogen-bond donors (Lipinski definition) is 0. The maximum Gasteiger partial charge on any atom is 0.355 e. The number of rotatable bonds is 5. The monoisotopic (exact) mass is 394 g/mol. The van der Waals surface area contributed by atoms with Gasteiger partial charge in [0.1, 0.15) is 11.4 Å². The summed E-state index contributed by atoms with van der Waals surface area (Å²) < 4.78 is 14.0.